The van der Waals surface area contributed by atoms with Gasteiger partial charge in [-0.2, -0.15) is 4.31 Å². The van der Waals surface area contributed by atoms with Crippen LogP contribution in [0.3, 0.4) is 0 Å². The molecule has 3 unspecified atom stereocenters. The van der Waals surface area contributed by atoms with Crippen LogP contribution < -0.4 is 15.4 Å². The lowest BCUT2D eigenvalue weighted by Crippen LogP contribution is -2.51. The van der Waals surface area contributed by atoms with Crippen LogP contribution in [0.15, 0.2) is 52.6 Å². The number of hydrogen-bond donors (Lipinski definition) is 3. The third kappa shape index (κ3) is 7.28. The number of thiazole rings is 1. The SMILES string of the molecule is COc1cc(C[C@H](NC(=O)OC2=C3COC4OCC2CC34)[C@H](O)CN(CC(C)C)S(=O)(=O)c2ccc3nc(NC4CC4)sc3c2)ccc1F. The Kier molecular flexibility index (Phi) is 9.58. The summed E-state index contributed by atoms with van der Waals surface area (Å²) >= 11 is 1.40. The fourth-order valence-corrected chi connectivity index (χ4v) is 9.46. The molecule has 2 aromatic carbocycles. The number of aliphatic hydroxyl groups is 1. The van der Waals surface area contributed by atoms with Crippen LogP contribution >= 0.6 is 11.3 Å². The van der Waals surface area contributed by atoms with E-state index in [4.69, 9.17) is 18.9 Å². The minimum atomic E-state index is -4.09. The van der Waals surface area contributed by atoms with Gasteiger partial charge in [-0.25, -0.2) is 22.6 Å². The van der Waals surface area contributed by atoms with Crippen LogP contribution in [0.4, 0.5) is 14.3 Å². The van der Waals surface area contributed by atoms with Crippen molar-refractivity contribution >= 4 is 42.8 Å². The van der Waals surface area contributed by atoms with Crippen molar-refractivity contribution < 1.29 is 41.7 Å². The minimum Gasteiger partial charge on any atom is -0.494 e. The molecule has 49 heavy (non-hydrogen) atoms. The van der Waals surface area contributed by atoms with Crippen molar-refractivity contribution in [2.45, 2.75) is 68.9 Å². The largest absolute Gasteiger partial charge is 0.494 e. The quantitative estimate of drug-likeness (QED) is 0.216. The lowest BCUT2D eigenvalue weighted by molar-refractivity contribution is -0.161. The number of sulfonamides is 1. The predicted octanol–water partition coefficient (Wildman–Crippen LogP) is 4.64. The summed E-state index contributed by atoms with van der Waals surface area (Å²) in [4.78, 5) is 18.1. The van der Waals surface area contributed by atoms with Gasteiger partial charge in [0.05, 0.1) is 47.6 Å². The van der Waals surface area contributed by atoms with Gasteiger partial charge in [-0.1, -0.05) is 31.3 Å². The molecule has 1 amide bonds. The zero-order valence-corrected chi connectivity index (χ0v) is 29.2. The average Bonchev–Trinajstić information content (AvgIpc) is 3.52. The Morgan fingerprint density at radius 2 is 2.00 bits per heavy atom. The maximum Gasteiger partial charge on any atom is 0.412 e. The van der Waals surface area contributed by atoms with Gasteiger partial charge in [0, 0.05) is 36.5 Å². The smallest absolute Gasteiger partial charge is 0.412 e. The highest BCUT2D eigenvalue weighted by Gasteiger charge is 2.49. The summed E-state index contributed by atoms with van der Waals surface area (Å²) in [5.41, 5.74) is 2.17. The number of fused-ring (bicyclic) bond motifs is 2. The predicted molar refractivity (Wildman–Crippen MR) is 180 cm³/mol. The van der Waals surface area contributed by atoms with Gasteiger partial charge in [-0.05, 0) is 67.5 Å². The molecule has 3 fully saturated rings. The maximum atomic E-state index is 14.3. The molecule has 5 atom stereocenters. The molecule has 12 nitrogen and oxygen atoms in total. The molecule has 0 spiro atoms. The Bertz CT molecular complexity index is 1860. The molecule has 0 radical (unpaired) electrons. The summed E-state index contributed by atoms with van der Waals surface area (Å²) < 4.78 is 67.0. The zero-order chi connectivity index (χ0) is 34.4. The molecular weight excluding hydrogens is 676 g/mol. The molecule has 2 bridgehead atoms. The first kappa shape index (κ1) is 34.1. The number of nitrogens with one attached hydrogen (secondary N) is 2. The molecule has 3 N–H and O–H groups in total. The second-order valence-corrected chi connectivity index (χ2v) is 16.6. The van der Waals surface area contributed by atoms with Crippen molar-refractivity contribution in [3.8, 4) is 5.75 Å². The van der Waals surface area contributed by atoms with Gasteiger partial charge < -0.3 is 34.7 Å². The number of nitrogens with zero attached hydrogens (tertiary/aromatic N) is 2. The first-order chi connectivity index (χ1) is 23.5. The lowest BCUT2D eigenvalue weighted by Gasteiger charge is -2.31. The van der Waals surface area contributed by atoms with E-state index in [1.807, 2.05) is 13.8 Å². The number of ether oxygens (including phenoxy) is 4. The van der Waals surface area contributed by atoms with Crippen molar-refractivity contribution in [1.82, 2.24) is 14.6 Å². The Morgan fingerprint density at radius 3 is 2.76 bits per heavy atom. The summed E-state index contributed by atoms with van der Waals surface area (Å²) in [7, 11) is -2.74. The second kappa shape index (κ2) is 13.8. The van der Waals surface area contributed by atoms with Crippen LogP contribution in [0.5, 0.6) is 5.75 Å². The molecular formula is C34H41FN4O8S2. The molecule has 1 aromatic heterocycles. The van der Waals surface area contributed by atoms with E-state index in [2.05, 4.69) is 15.6 Å². The van der Waals surface area contributed by atoms with Gasteiger partial charge in [0.25, 0.3) is 0 Å². The summed E-state index contributed by atoms with van der Waals surface area (Å²) in [5, 5.41) is 18.6. The van der Waals surface area contributed by atoms with Crippen molar-refractivity contribution in [3.05, 3.63) is 59.1 Å². The number of rotatable bonds is 14. The fourth-order valence-electron chi connectivity index (χ4n) is 6.75. The number of amides is 1. The third-order valence-electron chi connectivity index (χ3n) is 9.37. The van der Waals surface area contributed by atoms with Crippen LogP contribution in [0.1, 0.15) is 38.7 Å². The van der Waals surface area contributed by atoms with Crippen LogP contribution in [-0.4, -0.2) is 86.8 Å². The molecule has 4 aliphatic rings. The third-order valence-corrected chi connectivity index (χ3v) is 12.1. The Labute approximate surface area is 288 Å². The van der Waals surface area contributed by atoms with Crippen molar-refractivity contribution in [3.63, 3.8) is 0 Å². The monoisotopic (exact) mass is 716 g/mol. The van der Waals surface area contributed by atoms with E-state index in [1.165, 1.54) is 47.0 Å². The number of aromatic nitrogens is 1. The molecule has 2 aliphatic carbocycles. The number of hydrogen-bond acceptors (Lipinski definition) is 11. The lowest BCUT2D eigenvalue weighted by atomic mass is 9.99. The number of benzene rings is 2. The summed E-state index contributed by atoms with van der Waals surface area (Å²) in [6, 6.07) is 8.50. The summed E-state index contributed by atoms with van der Waals surface area (Å²) in [6.07, 6.45) is 0.507. The van der Waals surface area contributed by atoms with Gasteiger partial charge in [-0.15, -0.1) is 0 Å². The van der Waals surface area contributed by atoms with Gasteiger partial charge in [-0.3, -0.25) is 0 Å². The van der Waals surface area contributed by atoms with Crippen molar-refractivity contribution in [1.29, 1.82) is 0 Å². The molecule has 3 aromatic rings. The molecule has 7 rings (SSSR count). The van der Waals surface area contributed by atoms with Crippen LogP contribution in [-0.2, 0) is 30.7 Å². The first-order valence-corrected chi connectivity index (χ1v) is 18.9. The fraction of sp³-hybridized carbons (Fsp3) is 0.529. The van der Waals surface area contributed by atoms with E-state index in [-0.39, 0.29) is 54.2 Å². The number of methoxy groups -OCH3 is 1. The van der Waals surface area contributed by atoms with E-state index in [9.17, 15) is 22.7 Å². The number of carbonyl (C=O) groups is 1. The van der Waals surface area contributed by atoms with Crippen molar-refractivity contribution in [2.75, 3.05) is 38.7 Å². The van der Waals surface area contributed by atoms with Crippen LogP contribution in [0.25, 0.3) is 10.2 Å². The molecule has 264 valence electrons. The number of halogens is 1. The normalized spacial score (nSPS) is 23.0. The number of anilines is 1. The Balaban J connectivity index is 1.13. The van der Waals surface area contributed by atoms with Crippen LogP contribution in [0.2, 0.25) is 0 Å². The Morgan fingerprint density at radius 1 is 1.18 bits per heavy atom. The van der Waals surface area contributed by atoms with Gasteiger partial charge >= 0.3 is 6.09 Å². The maximum absolute atomic E-state index is 14.3. The van der Waals surface area contributed by atoms with E-state index >= 15 is 0 Å². The molecule has 1 saturated carbocycles. The van der Waals surface area contributed by atoms with Crippen LogP contribution in [0, 0.1) is 23.6 Å². The minimum absolute atomic E-state index is 0.00671. The standard InChI is InChI=1S/C34H41FN4O8S2/c1-18(2)14-39(49(42,43)22-7-9-26-30(13-22)48-33(37-26)36-21-5-6-21)15-28(40)27(10-19-4-8-25(35)29(11-19)44-3)38-34(41)47-31-20-12-23-24(31)17-46-32(23)45-16-20/h4,7-9,11,13,18,20-21,23,27-28,32,40H,5-6,10,12,14-17H2,1-3H3,(H,36,37)(H,38,41)/t20?,23?,27-,28+,32?/m0/s1. The van der Waals surface area contributed by atoms with Gasteiger partial charge in [0.2, 0.25) is 10.0 Å². The van der Waals surface area contributed by atoms with E-state index in [1.54, 1.807) is 12.1 Å². The highest BCUT2D eigenvalue weighted by Crippen LogP contribution is 2.48. The molecule has 2 aliphatic heterocycles. The number of alkyl carbamates (subject to hydrolysis) is 1. The number of aliphatic hydroxyl groups excluding tert-OH is 1. The second-order valence-electron chi connectivity index (χ2n) is 13.6. The van der Waals surface area contributed by atoms with E-state index in [0.29, 0.717) is 36.1 Å². The molecule has 2 saturated heterocycles. The summed E-state index contributed by atoms with van der Waals surface area (Å²) in [6.45, 7) is 4.29. The zero-order valence-electron chi connectivity index (χ0n) is 27.6. The van der Waals surface area contributed by atoms with Gasteiger partial charge in [0.1, 0.15) is 5.76 Å². The Hall–Kier alpha value is -3.34. The average molecular weight is 717 g/mol. The topological polar surface area (TPSA) is 149 Å². The first-order valence-electron chi connectivity index (χ1n) is 16.6. The van der Waals surface area contributed by atoms with E-state index < -0.39 is 34.1 Å². The number of carbonyl (C=O) groups excluding carboxylic acids is 1. The highest BCUT2D eigenvalue weighted by molar-refractivity contribution is 7.89. The molecule has 15 heteroatoms. The van der Waals surface area contributed by atoms with Gasteiger partial charge in [0.15, 0.2) is 23.0 Å². The van der Waals surface area contributed by atoms with Crippen molar-refractivity contribution in [2.24, 2.45) is 17.8 Å². The molecule has 3 heterocycles. The van der Waals surface area contributed by atoms with E-state index in [0.717, 1.165) is 34.7 Å². The summed E-state index contributed by atoms with van der Waals surface area (Å²) in [5.74, 6) is -0.118. The highest BCUT2D eigenvalue weighted by atomic mass is 32.2.